The average Bonchev–Trinajstić information content (AvgIpc) is 2.59. The maximum Gasteiger partial charge on any atom is 0.151 e. The van der Waals surface area contributed by atoms with E-state index in [1.807, 2.05) is 13.1 Å². The fraction of sp³-hybridized carbons (Fsp3) is 0.450. The van der Waals surface area contributed by atoms with Crippen LogP contribution in [0.1, 0.15) is 37.3 Å². The lowest BCUT2D eigenvalue weighted by atomic mass is 9.38. The summed E-state index contributed by atoms with van der Waals surface area (Å²) in [7, 11) is 1.84. The summed E-state index contributed by atoms with van der Waals surface area (Å²) in [6, 6.07) is 3.53. The molecular weight excluding hydrogens is 314 g/mol. The summed E-state index contributed by atoms with van der Waals surface area (Å²) in [6.45, 7) is 13.1. The largest absolute Gasteiger partial charge is 0.392 e. The predicted molar refractivity (Wildman–Crippen MR) is 108 cm³/mol. The molecule has 25 heavy (non-hydrogen) atoms. The van der Waals surface area contributed by atoms with Gasteiger partial charge in [-0.05, 0) is 48.4 Å². The summed E-state index contributed by atoms with van der Waals surface area (Å²) >= 11 is 0. The molecule has 0 saturated carbocycles. The molecule has 2 N–H and O–H groups in total. The van der Waals surface area contributed by atoms with E-state index in [-0.39, 0.29) is 18.3 Å². The Hall–Kier alpha value is -2.04. The van der Waals surface area contributed by atoms with Gasteiger partial charge in [0.15, 0.2) is 6.71 Å². The molecular formula is C20H30BFN2O. The molecule has 0 radical (unpaired) electrons. The number of benzene rings is 1. The van der Waals surface area contributed by atoms with E-state index < -0.39 is 0 Å². The van der Waals surface area contributed by atoms with E-state index in [0.717, 1.165) is 42.6 Å². The van der Waals surface area contributed by atoms with Gasteiger partial charge in [-0.1, -0.05) is 33.0 Å². The van der Waals surface area contributed by atoms with E-state index in [4.69, 9.17) is 0 Å². The molecule has 0 amide bonds. The second-order valence-corrected chi connectivity index (χ2v) is 6.47. The minimum atomic E-state index is -0.254. The molecule has 136 valence electrons. The van der Waals surface area contributed by atoms with Crippen LogP contribution in [-0.4, -0.2) is 26.6 Å². The molecule has 0 heterocycles. The van der Waals surface area contributed by atoms with E-state index in [1.165, 1.54) is 6.07 Å². The highest BCUT2D eigenvalue weighted by atomic mass is 19.1. The predicted octanol–water partition coefficient (Wildman–Crippen LogP) is 4.58. The van der Waals surface area contributed by atoms with Gasteiger partial charge >= 0.3 is 0 Å². The lowest BCUT2D eigenvalue weighted by Crippen LogP contribution is -2.27. The molecule has 0 fully saturated rings. The molecule has 0 saturated heterocycles. The summed E-state index contributed by atoms with van der Waals surface area (Å²) in [5, 5.41) is 6.35. The van der Waals surface area contributed by atoms with Crippen molar-refractivity contribution in [3.05, 3.63) is 47.9 Å². The van der Waals surface area contributed by atoms with Crippen molar-refractivity contribution in [3.8, 4) is 0 Å². The molecule has 0 aliphatic rings. The molecule has 1 unspecified atom stereocenters. The standard InChI is InChI=1S/C20H30BFN2O/c1-6-10-24-17-12-16(18(7-2)20(22)13-17)14-21(4)19(9-8-11-25)15(3)23-5/h7,11-13,19,23-24H,2-3,6,8-10,14H2,1,4-5H3. The van der Waals surface area contributed by atoms with Crippen LogP contribution in [0.2, 0.25) is 12.6 Å². The van der Waals surface area contributed by atoms with Crippen molar-refractivity contribution < 1.29 is 9.18 Å². The highest BCUT2D eigenvalue weighted by Crippen LogP contribution is 2.29. The Bertz CT molecular complexity index is 604. The zero-order valence-corrected chi connectivity index (χ0v) is 15.7. The first-order chi connectivity index (χ1) is 12.0. The second kappa shape index (κ2) is 10.8. The maximum atomic E-state index is 14.4. The first-order valence-electron chi connectivity index (χ1n) is 8.97. The van der Waals surface area contributed by atoms with Gasteiger partial charge in [0.25, 0.3) is 0 Å². The average molecular weight is 344 g/mol. The second-order valence-electron chi connectivity index (χ2n) is 6.47. The number of hydrogen-bond acceptors (Lipinski definition) is 3. The van der Waals surface area contributed by atoms with Crippen molar-refractivity contribution in [2.24, 2.45) is 0 Å². The van der Waals surface area contributed by atoms with E-state index >= 15 is 0 Å². The molecule has 3 nitrogen and oxygen atoms in total. The summed E-state index contributed by atoms with van der Waals surface area (Å²) < 4.78 is 14.4. The Balaban J connectivity index is 3.07. The molecule has 0 bridgehead atoms. The van der Waals surface area contributed by atoms with E-state index in [1.54, 1.807) is 6.08 Å². The third kappa shape index (κ3) is 6.07. The molecule has 1 aromatic carbocycles. The van der Waals surface area contributed by atoms with Crippen molar-refractivity contribution in [2.75, 3.05) is 18.9 Å². The quantitative estimate of drug-likeness (QED) is 0.431. The van der Waals surface area contributed by atoms with Crippen molar-refractivity contribution in [3.63, 3.8) is 0 Å². The van der Waals surface area contributed by atoms with Crippen molar-refractivity contribution in [1.82, 2.24) is 5.32 Å². The number of allylic oxidation sites excluding steroid dienone is 1. The van der Waals surface area contributed by atoms with Gasteiger partial charge in [-0.3, -0.25) is 0 Å². The van der Waals surface area contributed by atoms with Gasteiger partial charge in [-0.15, -0.1) is 0 Å². The van der Waals surface area contributed by atoms with E-state index in [0.29, 0.717) is 18.3 Å². The van der Waals surface area contributed by atoms with E-state index in [9.17, 15) is 9.18 Å². The maximum absolute atomic E-state index is 14.4. The lowest BCUT2D eigenvalue weighted by Gasteiger charge is -2.24. The molecule has 5 heteroatoms. The van der Waals surface area contributed by atoms with Crippen LogP contribution >= 0.6 is 0 Å². The number of carbonyl (C=O) groups excluding carboxylic acids is 1. The van der Waals surface area contributed by atoms with Gasteiger partial charge in [0, 0.05) is 31.3 Å². The Morgan fingerprint density at radius 1 is 1.44 bits per heavy atom. The highest BCUT2D eigenvalue weighted by Gasteiger charge is 2.24. The number of anilines is 1. The summed E-state index contributed by atoms with van der Waals surface area (Å²) in [6.07, 6.45) is 5.43. The molecule has 1 aromatic rings. The number of halogens is 1. The topological polar surface area (TPSA) is 41.1 Å². The van der Waals surface area contributed by atoms with E-state index in [2.05, 4.69) is 37.5 Å². The fourth-order valence-electron chi connectivity index (χ4n) is 3.17. The fourth-order valence-corrected chi connectivity index (χ4v) is 3.17. The van der Waals surface area contributed by atoms with Gasteiger partial charge in [0.2, 0.25) is 0 Å². The van der Waals surface area contributed by atoms with Gasteiger partial charge < -0.3 is 15.4 Å². The number of aldehydes is 1. The summed E-state index contributed by atoms with van der Waals surface area (Å²) in [5.74, 6) is -0.0987. The van der Waals surface area contributed by atoms with Gasteiger partial charge in [0.1, 0.15) is 12.1 Å². The highest BCUT2D eigenvalue weighted by molar-refractivity contribution is 6.59. The minimum absolute atomic E-state index is 0.156. The molecule has 0 aliphatic heterocycles. The molecule has 1 rings (SSSR count). The first kappa shape index (κ1) is 21.0. The van der Waals surface area contributed by atoms with Crippen LogP contribution in [0.25, 0.3) is 6.08 Å². The first-order valence-corrected chi connectivity index (χ1v) is 8.97. The van der Waals surface area contributed by atoms with Crippen molar-refractivity contribution >= 4 is 24.8 Å². The van der Waals surface area contributed by atoms with Crippen LogP contribution < -0.4 is 10.6 Å². The molecule has 0 spiro atoms. The van der Waals surface area contributed by atoms with Crippen LogP contribution in [0.15, 0.2) is 31.0 Å². The zero-order chi connectivity index (χ0) is 18.8. The third-order valence-electron chi connectivity index (χ3n) is 4.59. The lowest BCUT2D eigenvalue weighted by molar-refractivity contribution is -0.107. The van der Waals surface area contributed by atoms with Crippen LogP contribution in [0.5, 0.6) is 0 Å². The van der Waals surface area contributed by atoms with Crippen molar-refractivity contribution in [2.45, 2.75) is 45.1 Å². The number of carbonyl (C=O) groups is 1. The monoisotopic (exact) mass is 344 g/mol. The molecule has 0 aromatic heterocycles. The smallest absolute Gasteiger partial charge is 0.151 e. The van der Waals surface area contributed by atoms with Gasteiger partial charge in [-0.2, -0.15) is 0 Å². The number of nitrogens with one attached hydrogen (secondary N) is 2. The van der Waals surface area contributed by atoms with Crippen LogP contribution in [0, 0.1) is 5.82 Å². The van der Waals surface area contributed by atoms with Crippen LogP contribution in [-0.2, 0) is 11.1 Å². The zero-order valence-electron chi connectivity index (χ0n) is 15.7. The van der Waals surface area contributed by atoms with Crippen LogP contribution in [0.4, 0.5) is 10.1 Å². The molecule has 1 atom stereocenters. The van der Waals surface area contributed by atoms with Gasteiger partial charge in [-0.25, -0.2) is 4.39 Å². The van der Waals surface area contributed by atoms with Crippen molar-refractivity contribution in [1.29, 1.82) is 0 Å². The Labute approximate surface area is 151 Å². The Morgan fingerprint density at radius 3 is 2.72 bits per heavy atom. The van der Waals surface area contributed by atoms with Gasteiger partial charge in [0.05, 0.1) is 0 Å². The number of hydrogen-bond donors (Lipinski definition) is 2. The minimum Gasteiger partial charge on any atom is -0.392 e. The SMILES string of the molecule is C=Cc1c(F)cc(NCCC)cc1CB(C)C(CCC=O)C(=C)NC. The number of rotatable bonds is 12. The normalized spacial score (nSPS) is 11.5. The summed E-state index contributed by atoms with van der Waals surface area (Å²) in [4.78, 5) is 10.8. The van der Waals surface area contributed by atoms with Crippen LogP contribution in [0.3, 0.4) is 0 Å². The molecule has 0 aliphatic carbocycles. The Kier molecular flexibility index (Phi) is 9.04. The third-order valence-corrected chi connectivity index (χ3v) is 4.59. The Morgan fingerprint density at radius 2 is 2.16 bits per heavy atom. The summed E-state index contributed by atoms with van der Waals surface area (Å²) in [5.41, 5.74) is 3.19.